The molecule has 3 aliphatic heterocycles. The van der Waals surface area contributed by atoms with E-state index < -0.39 is 12.0 Å². The Morgan fingerprint density at radius 2 is 2.05 bits per heavy atom. The van der Waals surface area contributed by atoms with Crippen LogP contribution in [0.5, 0.6) is 0 Å². The Bertz CT molecular complexity index is 396. The van der Waals surface area contributed by atoms with Gasteiger partial charge in [0.1, 0.15) is 0 Å². The third-order valence-corrected chi connectivity index (χ3v) is 5.07. The molecule has 7 heteroatoms. The molecule has 0 radical (unpaired) electrons. The molecule has 3 fully saturated rings. The van der Waals surface area contributed by atoms with Gasteiger partial charge in [0.15, 0.2) is 0 Å². The molecule has 0 aromatic carbocycles. The lowest BCUT2D eigenvalue weighted by Crippen LogP contribution is -2.56. The second-order valence-corrected chi connectivity index (χ2v) is 6.52. The molecule has 0 aliphatic carbocycles. The number of nitrogens with one attached hydrogen (secondary N) is 1. The average Bonchev–Trinajstić information content (AvgIpc) is 2.78. The third kappa shape index (κ3) is 3.48. The zero-order chi connectivity index (χ0) is 14.3. The van der Waals surface area contributed by atoms with Crippen molar-refractivity contribution in [2.75, 3.05) is 33.2 Å². The van der Waals surface area contributed by atoms with Crippen LogP contribution in [-0.4, -0.2) is 66.9 Å². The summed E-state index contributed by atoms with van der Waals surface area (Å²) in [6.45, 7) is 2.20. The summed E-state index contributed by atoms with van der Waals surface area (Å²) in [7, 11) is 2.15. The predicted molar refractivity (Wildman–Crippen MR) is 78.9 cm³/mol. The Morgan fingerprint density at radius 1 is 1.29 bits per heavy atom. The van der Waals surface area contributed by atoms with Gasteiger partial charge in [0.25, 0.3) is 5.92 Å². The molecule has 0 saturated carbocycles. The fourth-order valence-electron chi connectivity index (χ4n) is 3.96. The maximum atomic E-state index is 13.2. The number of carbonyl (C=O) groups excluding carboxylic acids is 1. The van der Waals surface area contributed by atoms with Crippen LogP contribution in [0.2, 0.25) is 0 Å². The first-order valence-electron chi connectivity index (χ1n) is 7.56. The van der Waals surface area contributed by atoms with Gasteiger partial charge in [-0.05, 0) is 38.8 Å². The van der Waals surface area contributed by atoms with Crippen LogP contribution in [0.1, 0.15) is 25.7 Å². The zero-order valence-corrected chi connectivity index (χ0v) is 13.2. The van der Waals surface area contributed by atoms with E-state index in [-0.39, 0.29) is 31.3 Å². The van der Waals surface area contributed by atoms with Gasteiger partial charge < -0.3 is 9.80 Å². The van der Waals surface area contributed by atoms with Crippen molar-refractivity contribution in [2.24, 2.45) is 5.92 Å². The van der Waals surface area contributed by atoms with Crippen LogP contribution in [0, 0.1) is 5.92 Å². The largest absolute Gasteiger partial charge is 0.341 e. The number of carbonyl (C=O) groups is 1. The number of rotatable bonds is 1. The SMILES string of the molecule is CN1CCCC2CN(C(=O)C3CC(F)(F)CN3)CCC21.Cl. The van der Waals surface area contributed by atoms with Gasteiger partial charge in [-0.2, -0.15) is 0 Å². The molecule has 3 rings (SSSR count). The molecule has 0 aromatic heterocycles. The van der Waals surface area contributed by atoms with Crippen LogP contribution in [0.4, 0.5) is 8.78 Å². The van der Waals surface area contributed by atoms with E-state index >= 15 is 0 Å². The van der Waals surface area contributed by atoms with Crippen molar-refractivity contribution in [3.8, 4) is 0 Å². The molecule has 3 unspecified atom stereocenters. The second-order valence-electron chi connectivity index (χ2n) is 6.52. The van der Waals surface area contributed by atoms with Crippen molar-refractivity contribution in [2.45, 2.75) is 43.7 Å². The monoisotopic (exact) mass is 323 g/mol. The molecule has 3 aliphatic rings. The van der Waals surface area contributed by atoms with Crippen LogP contribution in [0.3, 0.4) is 0 Å². The molecule has 0 aromatic rings. The first-order valence-corrected chi connectivity index (χ1v) is 7.56. The van der Waals surface area contributed by atoms with Crippen molar-refractivity contribution in [1.29, 1.82) is 0 Å². The van der Waals surface area contributed by atoms with Gasteiger partial charge in [0.05, 0.1) is 12.6 Å². The smallest absolute Gasteiger partial charge is 0.262 e. The van der Waals surface area contributed by atoms with Gasteiger partial charge in [-0.3, -0.25) is 10.1 Å². The van der Waals surface area contributed by atoms with Gasteiger partial charge in [0, 0.05) is 25.6 Å². The van der Waals surface area contributed by atoms with Crippen molar-refractivity contribution in [3.05, 3.63) is 0 Å². The molecular weight excluding hydrogens is 300 g/mol. The number of hydrogen-bond donors (Lipinski definition) is 1. The molecule has 122 valence electrons. The summed E-state index contributed by atoms with van der Waals surface area (Å²) in [6.07, 6.45) is 2.93. The van der Waals surface area contributed by atoms with Crippen LogP contribution >= 0.6 is 12.4 Å². The maximum absolute atomic E-state index is 13.2. The number of fused-ring (bicyclic) bond motifs is 1. The quantitative estimate of drug-likeness (QED) is 0.791. The van der Waals surface area contributed by atoms with Gasteiger partial charge in [-0.25, -0.2) is 8.78 Å². The van der Waals surface area contributed by atoms with E-state index in [0.717, 1.165) is 25.9 Å². The Hall–Kier alpha value is -0.460. The summed E-state index contributed by atoms with van der Waals surface area (Å²) in [5.74, 6) is -2.36. The van der Waals surface area contributed by atoms with E-state index in [2.05, 4.69) is 17.3 Å². The number of likely N-dealkylation sites (tertiary alicyclic amines) is 2. The van der Waals surface area contributed by atoms with Crippen LogP contribution in [0.25, 0.3) is 0 Å². The highest BCUT2D eigenvalue weighted by Crippen LogP contribution is 2.31. The predicted octanol–water partition coefficient (Wildman–Crippen LogP) is 1.35. The Morgan fingerprint density at radius 3 is 2.71 bits per heavy atom. The molecular formula is C14H24ClF2N3O. The first kappa shape index (κ1) is 16.9. The third-order valence-electron chi connectivity index (χ3n) is 5.07. The van der Waals surface area contributed by atoms with E-state index in [9.17, 15) is 13.6 Å². The molecule has 3 heterocycles. The Kier molecular flexibility index (Phi) is 5.11. The minimum atomic E-state index is -2.73. The summed E-state index contributed by atoms with van der Waals surface area (Å²) >= 11 is 0. The molecule has 21 heavy (non-hydrogen) atoms. The maximum Gasteiger partial charge on any atom is 0.262 e. The molecule has 1 N–H and O–H groups in total. The van der Waals surface area contributed by atoms with Gasteiger partial charge >= 0.3 is 0 Å². The topological polar surface area (TPSA) is 35.6 Å². The number of halogens is 3. The van der Waals surface area contributed by atoms with Crippen LogP contribution in [-0.2, 0) is 4.79 Å². The minimum absolute atomic E-state index is 0. The van der Waals surface area contributed by atoms with Gasteiger partial charge in [-0.15, -0.1) is 12.4 Å². The van der Waals surface area contributed by atoms with Crippen LogP contribution < -0.4 is 5.32 Å². The zero-order valence-electron chi connectivity index (χ0n) is 12.4. The molecule has 1 amide bonds. The highest BCUT2D eigenvalue weighted by molar-refractivity contribution is 5.85. The van der Waals surface area contributed by atoms with E-state index in [1.807, 2.05) is 0 Å². The summed E-state index contributed by atoms with van der Waals surface area (Å²) in [4.78, 5) is 16.6. The highest BCUT2D eigenvalue weighted by atomic mass is 35.5. The Balaban J connectivity index is 0.00000161. The number of hydrogen-bond acceptors (Lipinski definition) is 3. The fraction of sp³-hybridized carbons (Fsp3) is 0.929. The van der Waals surface area contributed by atoms with E-state index in [1.165, 1.54) is 6.42 Å². The summed E-state index contributed by atoms with van der Waals surface area (Å²) in [5.41, 5.74) is 0. The number of piperidine rings is 2. The summed E-state index contributed by atoms with van der Waals surface area (Å²) in [5, 5.41) is 2.67. The Labute approximate surface area is 130 Å². The van der Waals surface area contributed by atoms with E-state index in [1.54, 1.807) is 4.90 Å². The average molecular weight is 324 g/mol. The number of amides is 1. The van der Waals surface area contributed by atoms with Crippen molar-refractivity contribution >= 4 is 18.3 Å². The first-order chi connectivity index (χ1) is 9.46. The van der Waals surface area contributed by atoms with Gasteiger partial charge in [0.2, 0.25) is 5.91 Å². The second kappa shape index (κ2) is 6.34. The lowest BCUT2D eigenvalue weighted by Gasteiger charge is -2.46. The normalized spacial score (nSPS) is 36.0. The molecule has 3 atom stereocenters. The molecule has 0 spiro atoms. The molecule has 4 nitrogen and oxygen atoms in total. The van der Waals surface area contributed by atoms with Gasteiger partial charge in [-0.1, -0.05) is 0 Å². The van der Waals surface area contributed by atoms with Crippen molar-refractivity contribution in [1.82, 2.24) is 15.1 Å². The minimum Gasteiger partial charge on any atom is -0.341 e. The van der Waals surface area contributed by atoms with Crippen LogP contribution in [0.15, 0.2) is 0 Å². The van der Waals surface area contributed by atoms with E-state index in [0.29, 0.717) is 18.5 Å². The summed E-state index contributed by atoms with van der Waals surface area (Å²) < 4.78 is 26.4. The van der Waals surface area contributed by atoms with E-state index in [4.69, 9.17) is 0 Å². The highest BCUT2D eigenvalue weighted by Gasteiger charge is 2.45. The lowest BCUT2D eigenvalue weighted by atomic mass is 9.84. The standard InChI is InChI=1S/C14H23F2N3O.ClH/c1-18-5-2-3-10-8-19(6-4-12(10)18)13(20)11-7-14(15,16)9-17-11;/h10-12,17H,2-9H2,1H3;1H. The number of nitrogens with zero attached hydrogens (tertiary/aromatic N) is 2. The fourth-order valence-corrected chi connectivity index (χ4v) is 3.96. The summed E-state index contributed by atoms with van der Waals surface area (Å²) in [6, 6.07) is -0.131. The molecule has 3 saturated heterocycles. The number of alkyl halides is 2. The lowest BCUT2D eigenvalue weighted by molar-refractivity contribution is -0.137. The van der Waals surface area contributed by atoms with Crippen molar-refractivity contribution in [3.63, 3.8) is 0 Å². The van der Waals surface area contributed by atoms with Crippen molar-refractivity contribution < 1.29 is 13.6 Å². The molecule has 0 bridgehead atoms.